The fraction of sp³-hybridized carbons (Fsp3) is 0.722. The Morgan fingerprint density at radius 2 is 1.85 bits per heavy atom. The largest absolute Gasteiger partial charge is 0.466 e. The van der Waals surface area contributed by atoms with Crippen LogP contribution in [0, 0.1) is 5.92 Å². The van der Waals surface area contributed by atoms with E-state index >= 15 is 0 Å². The number of ketones is 1. The number of hydrogen-bond donors (Lipinski definition) is 0. The number of esters is 1. The zero-order chi connectivity index (χ0) is 19.9. The molecule has 148 valence electrons. The smallest absolute Gasteiger partial charge is 0.306 e. The van der Waals surface area contributed by atoms with Gasteiger partial charge in [-0.05, 0) is 39.2 Å². The third-order valence-corrected chi connectivity index (χ3v) is 3.85. The number of carbonyl (C=O) groups excluding carboxylic acids is 3. The standard InChI is InChI=1S/C18H29NO7/c1-7-24-14(21)11-12(2)9-8-10-13(20)15-16(17(22)19(5)23-6)26-18(3,4)25-15/h8,10,12,15-16H,7,9,11H2,1-6H3/b10-8+/t12-,15+,16-/m0/s1. The minimum atomic E-state index is -1.08. The molecule has 1 saturated heterocycles. The summed E-state index contributed by atoms with van der Waals surface area (Å²) in [7, 11) is 2.78. The van der Waals surface area contributed by atoms with Crippen molar-refractivity contribution in [2.75, 3.05) is 20.8 Å². The molecule has 8 nitrogen and oxygen atoms in total. The van der Waals surface area contributed by atoms with E-state index in [0.717, 1.165) is 5.06 Å². The summed E-state index contributed by atoms with van der Waals surface area (Å²) in [5, 5.41) is 1.00. The lowest BCUT2D eigenvalue weighted by Crippen LogP contribution is -2.44. The van der Waals surface area contributed by atoms with Crippen molar-refractivity contribution >= 4 is 17.7 Å². The third kappa shape index (κ3) is 6.51. The summed E-state index contributed by atoms with van der Waals surface area (Å²) in [5.41, 5.74) is 0. The highest BCUT2D eigenvalue weighted by Crippen LogP contribution is 2.30. The molecule has 26 heavy (non-hydrogen) atoms. The van der Waals surface area contributed by atoms with Crippen LogP contribution in [0.4, 0.5) is 0 Å². The summed E-state index contributed by atoms with van der Waals surface area (Å²) in [5.74, 6) is -2.16. The first-order valence-corrected chi connectivity index (χ1v) is 8.64. The minimum Gasteiger partial charge on any atom is -0.466 e. The number of ether oxygens (including phenoxy) is 3. The molecule has 0 unspecified atom stereocenters. The van der Waals surface area contributed by atoms with Gasteiger partial charge >= 0.3 is 5.97 Å². The number of nitrogens with zero attached hydrogens (tertiary/aromatic N) is 1. The van der Waals surface area contributed by atoms with Gasteiger partial charge in [-0.15, -0.1) is 0 Å². The molecule has 3 atom stereocenters. The van der Waals surface area contributed by atoms with Crippen molar-refractivity contribution in [3.63, 3.8) is 0 Å². The van der Waals surface area contributed by atoms with E-state index in [9.17, 15) is 14.4 Å². The molecule has 1 fully saturated rings. The van der Waals surface area contributed by atoms with Crippen LogP contribution >= 0.6 is 0 Å². The number of rotatable bonds is 9. The van der Waals surface area contributed by atoms with Gasteiger partial charge in [0.25, 0.3) is 5.91 Å². The Morgan fingerprint density at radius 3 is 2.42 bits per heavy atom. The van der Waals surface area contributed by atoms with E-state index in [1.807, 2.05) is 6.92 Å². The van der Waals surface area contributed by atoms with E-state index in [-0.39, 0.29) is 24.1 Å². The lowest BCUT2D eigenvalue weighted by atomic mass is 10.0. The average molecular weight is 371 g/mol. The normalized spacial score (nSPS) is 23.0. The summed E-state index contributed by atoms with van der Waals surface area (Å²) in [6.45, 7) is 7.27. The quantitative estimate of drug-likeness (QED) is 0.346. The number of carbonyl (C=O) groups is 3. The van der Waals surface area contributed by atoms with Gasteiger partial charge in [0, 0.05) is 13.5 Å². The molecule has 1 rings (SSSR count). The average Bonchev–Trinajstić information content (AvgIpc) is 2.89. The van der Waals surface area contributed by atoms with Crippen LogP contribution in [0.1, 0.15) is 40.5 Å². The highest BCUT2D eigenvalue weighted by atomic mass is 16.8. The summed E-state index contributed by atoms with van der Waals surface area (Å²) >= 11 is 0. The van der Waals surface area contributed by atoms with Crippen molar-refractivity contribution in [1.82, 2.24) is 5.06 Å². The topological polar surface area (TPSA) is 91.4 Å². The summed E-state index contributed by atoms with van der Waals surface area (Å²) in [6, 6.07) is 0. The van der Waals surface area contributed by atoms with Gasteiger partial charge in [0.15, 0.2) is 23.8 Å². The molecule has 0 aromatic rings. The monoisotopic (exact) mass is 371 g/mol. The Morgan fingerprint density at radius 1 is 1.23 bits per heavy atom. The highest BCUT2D eigenvalue weighted by molar-refractivity contribution is 5.98. The van der Waals surface area contributed by atoms with E-state index in [0.29, 0.717) is 13.0 Å². The van der Waals surface area contributed by atoms with Crippen LogP contribution in [0.25, 0.3) is 0 Å². The molecule has 8 heteroatoms. The summed E-state index contributed by atoms with van der Waals surface area (Å²) in [4.78, 5) is 41.1. The predicted molar refractivity (Wildman–Crippen MR) is 92.8 cm³/mol. The van der Waals surface area contributed by atoms with Crippen LogP contribution in [0.3, 0.4) is 0 Å². The number of hydrogen-bond acceptors (Lipinski definition) is 7. The third-order valence-electron chi connectivity index (χ3n) is 3.85. The lowest BCUT2D eigenvalue weighted by Gasteiger charge is -2.20. The molecule has 0 aromatic carbocycles. The molecule has 0 N–H and O–H groups in total. The van der Waals surface area contributed by atoms with E-state index in [4.69, 9.17) is 19.0 Å². The second-order valence-electron chi connectivity index (χ2n) is 6.65. The van der Waals surface area contributed by atoms with E-state index in [1.54, 1.807) is 26.8 Å². The molecule has 0 bridgehead atoms. The molecule has 1 aliphatic heterocycles. The molecule has 0 spiro atoms. The fourth-order valence-corrected chi connectivity index (χ4v) is 2.52. The molecule has 0 radical (unpaired) electrons. The molecule has 0 aromatic heterocycles. The Bertz CT molecular complexity index is 544. The first kappa shape index (κ1) is 22.3. The maximum Gasteiger partial charge on any atom is 0.306 e. The summed E-state index contributed by atoms with van der Waals surface area (Å²) in [6.07, 6.45) is 1.71. The molecule has 1 heterocycles. The maximum atomic E-state index is 12.5. The molecule has 0 saturated carbocycles. The van der Waals surface area contributed by atoms with Gasteiger partial charge in [0.1, 0.15) is 0 Å². The second-order valence-corrected chi connectivity index (χ2v) is 6.65. The van der Waals surface area contributed by atoms with Gasteiger partial charge in [-0.3, -0.25) is 19.2 Å². The van der Waals surface area contributed by atoms with Crippen molar-refractivity contribution in [2.45, 2.75) is 58.5 Å². The Labute approximate surface area is 154 Å². The van der Waals surface area contributed by atoms with Gasteiger partial charge < -0.3 is 14.2 Å². The van der Waals surface area contributed by atoms with E-state index in [1.165, 1.54) is 20.2 Å². The fourth-order valence-electron chi connectivity index (χ4n) is 2.52. The van der Waals surface area contributed by atoms with Crippen LogP contribution in [-0.2, 0) is 33.4 Å². The maximum absolute atomic E-state index is 12.5. The number of hydroxylamine groups is 2. The second kappa shape index (κ2) is 9.80. The van der Waals surface area contributed by atoms with E-state index < -0.39 is 23.9 Å². The van der Waals surface area contributed by atoms with Crippen LogP contribution in [0.15, 0.2) is 12.2 Å². The predicted octanol–water partition coefficient (Wildman–Crippen LogP) is 1.63. The number of likely N-dealkylation sites (N-methyl/N-ethyl adjacent to an activating group) is 1. The SMILES string of the molecule is CCOC(=O)C[C@@H](C)C/C=C/C(=O)[C@H]1OC(C)(C)O[C@@H]1C(=O)N(C)OC. The zero-order valence-corrected chi connectivity index (χ0v) is 16.3. The highest BCUT2D eigenvalue weighted by Gasteiger charge is 2.49. The first-order chi connectivity index (χ1) is 12.1. The number of allylic oxidation sites excluding steroid dienone is 1. The lowest BCUT2D eigenvalue weighted by molar-refractivity contribution is -0.187. The Hall–Kier alpha value is -1.77. The van der Waals surface area contributed by atoms with Gasteiger partial charge in [-0.25, -0.2) is 5.06 Å². The van der Waals surface area contributed by atoms with Crippen molar-refractivity contribution in [2.24, 2.45) is 5.92 Å². The summed E-state index contributed by atoms with van der Waals surface area (Å²) < 4.78 is 16.1. The van der Waals surface area contributed by atoms with Crippen molar-refractivity contribution in [1.29, 1.82) is 0 Å². The van der Waals surface area contributed by atoms with Gasteiger partial charge in [-0.2, -0.15) is 0 Å². The number of amides is 1. The molecule has 1 amide bonds. The van der Waals surface area contributed by atoms with Crippen molar-refractivity contribution < 1.29 is 33.4 Å². The van der Waals surface area contributed by atoms with Crippen LogP contribution in [0.5, 0.6) is 0 Å². The van der Waals surface area contributed by atoms with Gasteiger partial charge in [0.2, 0.25) is 0 Å². The first-order valence-electron chi connectivity index (χ1n) is 8.64. The minimum absolute atomic E-state index is 0.0346. The molecular weight excluding hydrogens is 342 g/mol. The Balaban J connectivity index is 2.68. The van der Waals surface area contributed by atoms with Crippen LogP contribution in [-0.4, -0.2) is 61.5 Å². The van der Waals surface area contributed by atoms with Crippen LogP contribution in [0.2, 0.25) is 0 Å². The Kier molecular flexibility index (Phi) is 8.39. The molecule has 0 aliphatic carbocycles. The zero-order valence-electron chi connectivity index (χ0n) is 16.3. The van der Waals surface area contributed by atoms with Gasteiger partial charge in [0.05, 0.1) is 13.7 Å². The molecular formula is C18H29NO7. The van der Waals surface area contributed by atoms with E-state index in [2.05, 4.69) is 0 Å². The molecule has 1 aliphatic rings. The van der Waals surface area contributed by atoms with Gasteiger partial charge in [-0.1, -0.05) is 13.0 Å². The van der Waals surface area contributed by atoms with Crippen LogP contribution < -0.4 is 0 Å². The van der Waals surface area contributed by atoms with Crippen molar-refractivity contribution in [3.8, 4) is 0 Å². The van der Waals surface area contributed by atoms with Crippen molar-refractivity contribution in [3.05, 3.63) is 12.2 Å².